The Bertz CT molecular complexity index is 1580. The molecule has 4 aromatic carbocycles. The molecule has 1 aromatic heterocycles. The molecule has 0 aliphatic carbocycles. The third-order valence-corrected chi connectivity index (χ3v) is 6.82. The Hall–Kier alpha value is -4.35. The number of fused-ring (bicyclic) bond motifs is 1. The van der Waals surface area contributed by atoms with Crippen LogP contribution >= 0.6 is 11.6 Å². The molecule has 5 rings (SSSR count). The number of rotatable bonds is 7. The molecule has 1 atom stereocenters. The number of hydrogen-bond donors (Lipinski definition) is 1. The Morgan fingerprint density at radius 1 is 0.838 bits per heavy atom. The predicted molar refractivity (Wildman–Crippen MR) is 149 cm³/mol. The molecule has 1 heterocycles. The summed E-state index contributed by atoms with van der Waals surface area (Å²) in [6.07, 6.45) is -0.0490. The number of benzene rings is 4. The number of carbonyl (C=O) groups is 1. The fourth-order valence-electron chi connectivity index (χ4n) is 4.74. The highest BCUT2D eigenvalue weighted by molar-refractivity contribution is 6.30. The Balaban J connectivity index is 1.67. The second kappa shape index (κ2) is 10.3. The third-order valence-electron chi connectivity index (χ3n) is 6.57. The molecular formula is C31H25ClN2O3. The number of anilines is 2. The Morgan fingerprint density at radius 2 is 1.38 bits per heavy atom. The van der Waals surface area contributed by atoms with Gasteiger partial charge in [0.05, 0.1) is 11.6 Å². The normalized spacial score (nSPS) is 11.8. The van der Waals surface area contributed by atoms with Gasteiger partial charge in [0.1, 0.15) is 11.3 Å². The maximum Gasteiger partial charge on any atom is 0.265 e. The number of aromatic hydroxyl groups is 1. The molecule has 37 heavy (non-hydrogen) atoms. The molecule has 0 bridgehead atoms. The molecule has 0 saturated carbocycles. The largest absolute Gasteiger partial charge is 0.506 e. The summed E-state index contributed by atoms with van der Waals surface area (Å²) in [5.41, 5.74) is 2.45. The lowest BCUT2D eigenvalue weighted by atomic mass is 9.94. The number of Topliss-reactive ketones (excluding diaryl/α,β-unsaturated/α-hetero) is 1. The van der Waals surface area contributed by atoms with Gasteiger partial charge >= 0.3 is 0 Å². The van der Waals surface area contributed by atoms with Gasteiger partial charge in [0.15, 0.2) is 5.78 Å². The molecule has 184 valence electrons. The number of pyridine rings is 1. The zero-order valence-corrected chi connectivity index (χ0v) is 21.0. The van der Waals surface area contributed by atoms with Crippen molar-refractivity contribution in [1.82, 2.24) is 4.57 Å². The molecule has 5 nitrogen and oxygen atoms in total. The number of aromatic nitrogens is 1. The standard InChI is InChI=1S/C31H25ClN2O3/c1-33-26-15-9-8-14-25(26)30(36)29(31(33)37)28(35)20-27(21-16-18-22(32)19-17-21)34(23-10-4-2-5-11-23)24-12-6-3-7-13-24/h2-19,27,36H,20H2,1H3. The van der Waals surface area contributed by atoms with Crippen molar-refractivity contribution < 1.29 is 9.90 Å². The van der Waals surface area contributed by atoms with E-state index in [2.05, 4.69) is 4.90 Å². The number of hydrogen-bond acceptors (Lipinski definition) is 4. The molecule has 5 aromatic rings. The maximum absolute atomic E-state index is 13.9. The van der Waals surface area contributed by atoms with Crippen LogP contribution in [0, 0.1) is 0 Å². The van der Waals surface area contributed by atoms with E-state index in [1.807, 2.05) is 72.8 Å². The van der Waals surface area contributed by atoms with Crippen LogP contribution in [-0.4, -0.2) is 15.5 Å². The monoisotopic (exact) mass is 508 g/mol. The summed E-state index contributed by atoms with van der Waals surface area (Å²) >= 11 is 6.19. The van der Waals surface area contributed by atoms with E-state index in [1.54, 1.807) is 43.4 Å². The molecule has 0 radical (unpaired) electrons. The predicted octanol–water partition coefficient (Wildman–Crippen LogP) is 7.05. The topological polar surface area (TPSA) is 62.5 Å². The van der Waals surface area contributed by atoms with E-state index < -0.39 is 17.4 Å². The molecule has 6 heteroatoms. The van der Waals surface area contributed by atoms with Gasteiger partial charge in [-0.3, -0.25) is 9.59 Å². The fraction of sp³-hybridized carbons (Fsp3) is 0.0968. The molecule has 0 aliphatic rings. The van der Waals surface area contributed by atoms with E-state index in [0.29, 0.717) is 15.9 Å². The number of aryl methyl sites for hydroxylation is 1. The molecule has 0 aliphatic heterocycles. The Labute approximate surface area is 219 Å². The lowest BCUT2D eigenvalue weighted by Gasteiger charge is -2.34. The van der Waals surface area contributed by atoms with E-state index in [9.17, 15) is 14.7 Å². The molecule has 0 saturated heterocycles. The van der Waals surface area contributed by atoms with Crippen molar-refractivity contribution in [2.75, 3.05) is 4.90 Å². The van der Waals surface area contributed by atoms with Gasteiger partial charge in [-0.25, -0.2) is 0 Å². The summed E-state index contributed by atoms with van der Waals surface area (Å²) in [4.78, 5) is 29.2. The molecular weight excluding hydrogens is 484 g/mol. The summed E-state index contributed by atoms with van der Waals surface area (Å²) < 4.78 is 1.41. The second-order valence-electron chi connectivity index (χ2n) is 8.84. The van der Waals surface area contributed by atoms with Gasteiger partial charge < -0.3 is 14.6 Å². The zero-order chi connectivity index (χ0) is 25.9. The van der Waals surface area contributed by atoms with Gasteiger partial charge in [-0.2, -0.15) is 0 Å². The first kappa shape index (κ1) is 24.3. The van der Waals surface area contributed by atoms with Crippen molar-refractivity contribution in [3.05, 3.63) is 136 Å². The van der Waals surface area contributed by atoms with Crippen LogP contribution in [0.1, 0.15) is 28.4 Å². The van der Waals surface area contributed by atoms with Crippen LogP contribution in [0.5, 0.6) is 5.75 Å². The van der Waals surface area contributed by atoms with E-state index in [1.165, 1.54) is 4.57 Å². The minimum Gasteiger partial charge on any atom is -0.506 e. The lowest BCUT2D eigenvalue weighted by molar-refractivity contribution is 0.0969. The maximum atomic E-state index is 13.9. The van der Waals surface area contributed by atoms with Gasteiger partial charge in [-0.05, 0) is 54.1 Å². The molecule has 1 N–H and O–H groups in total. The molecule has 0 fully saturated rings. The van der Waals surface area contributed by atoms with Gasteiger partial charge in [-0.15, -0.1) is 0 Å². The average Bonchev–Trinajstić information content (AvgIpc) is 2.93. The summed E-state index contributed by atoms with van der Waals surface area (Å²) in [6, 6.07) is 33.4. The smallest absolute Gasteiger partial charge is 0.265 e. The first-order valence-corrected chi connectivity index (χ1v) is 12.3. The second-order valence-corrected chi connectivity index (χ2v) is 9.28. The Morgan fingerprint density at radius 3 is 1.97 bits per heavy atom. The minimum atomic E-state index is -0.526. The quantitative estimate of drug-likeness (QED) is 0.239. The highest BCUT2D eigenvalue weighted by atomic mass is 35.5. The van der Waals surface area contributed by atoms with Crippen LogP contribution in [0.3, 0.4) is 0 Å². The van der Waals surface area contributed by atoms with Crippen molar-refractivity contribution in [1.29, 1.82) is 0 Å². The highest BCUT2D eigenvalue weighted by Gasteiger charge is 2.29. The number of carbonyl (C=O) groups excluding carboxylic acids is 1. The number of ketones is 1. The van der Waals surface area contributed by atoms with Crippen LogP contribution < -0.4 is 10.5 Å². The number of nitrogens with zero attached hydrogens (tertiary/aromatic N) is 2. The van der Waals surface area contributed by atoms with Crippen LogP contribution in [0.25, 0.3) is 10.9 Å². The first-order chi connectivity index (χ1) is 18.0. The minimum absolute atomic E-state index is 0.0490. The van der Waals surface area contributed by atoms with Crippen LogP contribution in [0.15, 0.2) is 114 Å². The summed E-state index contributed by atoms with van der Waals surface area (Å²) in [6.45, 7) is 0. The fourth-order valence-corrected chi connectivity index (χ4v) is 4.86. The van der Waals surface area contributed by atoms with Gasteiger partial charge in [0.25, 0.3) is 5.56 Å². The first-order valence-electron chi connectivity index (χ1n) is 11.9. The van der Waals surface area contributed by atoms with Crippen molar-refractivity contribution in [2.45, 2.75) is 12.5 Å². The molecule has 1 unspecified atom stereocenters. The molecule has 0 amide bonds. The lowest BCUT2D eigenvalue weighted by Crippen LogP contribution is -2.30. The zero-order valence-electron chi connectivity index (χ0n) is 20.2. The van der Waals surface area contributed by atoms with Gasteiger partial charge in [-0.1, -0.05) is 72.3 Å². The van der Waals surface area contributed by atoms with Crippen molar-refractivity contribution in [3.8, 4) is 5.75 Å². The third kappa shape index (κ3) is 4.74. The summed E-state index contributed by atoms with van der Waals surface area (Å²) in [5.74, 6) is -0.731. The van der Waals surface area contributed by atoms with Gasteiger partial charge in [0.2, 0.25) is 0 Å². The average molecular weight is 509 g/mol. The Kier molecular flexibility index (Phi) is 6.80. The highest BCUT2D eigenvalue weighted by Crippen LogP contribution is 2.38. The molecule has 0 spiro atoms. The number of halogens is 1. The van der Waals surface area contributed by atoms with Crippen molar-refractivity contribution in [3.63, 3.8) is 0 Å². The van der Waals surface area contributed by atoms with E-state index in [-0.39, 0.29) is 17.7 Å². The summed E-state index contributed by atoms with van der Waals surface area (Å²) in [7, 11) is 1.61. The number of para-hydroxylation sites is 3. The van der Waals surface area contributed by atoms with Gasteiger partial charge in [0, 0.05) is 35.3 Å². The SMILES string of the molecule is Cn1c(=O)c(C(=O)CC(c2ccc(Cl)cc2)N(c2ccccc2)c2ccccc2)c(O)c2ccccc21. The van der Waals surface area contributed by atoms with Crippen LogP contribution in [-0.2, 0) is 7.05 Å². The van der Waals surface area contributed by atoms with E-state index in [4.69, 9.17) is 11.6 Å². The van der Waals surface area contributed by atoms with Crippen molar-refractivity contribution >= 4 is 39.7 Å². The van der Waals surface area contributed by atoms with Crippen LogP contribution in [0.4, 0.5) is 11.4 Å². The van der Waals surface area contributed by atoms with Crippen LogP contribution in [0.2, 0.25) is 5.02 Å². The van der Waals surface area contributed by atoms with E-state index in [0.717, 1.165) is 16.9 Å². The van der Waals surface area contributed by atoms with Crippen molar-refractivity contribution in [2.24, 2.45) is 7.05 Å². The summed E-state index contributed by atoms with van der Waals surface area (Å²) in [5, 5.41) is 12.1. The van der Waals surface area contributed by atoms with E-state index >= 15 is 0 Å².